The minimum atomic E-state index is -3.67. The maximum Gasteiger partial charge on any atom is 0.227 e. The first kappa shape index (κ1) is 14.9. The van der Waals surface area contributed by atoms with Crippen LogP contribution in [0.5, 0.6) is 0 Å². The quantitative estimate of drug-likeness (QED) is 0.702. The van der Waals surface area contributed by atoms with Gasteiger partial charge in [0.1, 0.15) is 0 Å². The van der Waals surface area contributed by atoms with Gasteiger partial charge in [-0.15, -0.1) is 5.10 Å². The number of aromatic nitrogens is 3. The predicted molar refractivity (Wildman–Crippen MR) is 85.7 cm³/mol. The summed E-state index contributed by atoms with van der Waals surface area (Å²) in [5, 5.41) is 7.83. The molecule has 0 amide bonds. The highest BCUT2D eigenvalue weighted by molar-refractivity contribution is 9.10. The topological polar surface area (TPSA) is 64.8 Å². The molecule has 22 heavy (non-hydrogen) atoms. The molecule has 0 bridgehead atoms. The van der Waals surface area contributed by atoms with Crippen LogP contribution in [0.15, 0.2) is 69.0 Å². The largest absolute Gasteiger partial charge is 0.227 e. The highest BCUT2D eigenvalue weighted by Gasteiger charge is 2.25. The summed E-state index contributed by atoms with van der Waals surface area (Å²) in [6.45, 7) is 1.69. The third-order valence-electron chi connectivity index (χ3n) is 3.23. The van der Waals surface area contributed by atoms with E-state index < -0.39 is 9.84 Å². The molecule has 2 aromatic carbocycles. The first-order chi connectivity index (χ1) is 10.5. The van der Waals surface area contributed by atoms with Crippen LogP contribution in [-0.2, 0) is 9.84 Å². The Balaban J connectivity index is 2.10. The van der Waals surface area contributed by atoms with Crippen molar-refractivity contribution in [1.82, 2.24) is 15.0 Å². The molecule has 0 fully saturated rings. The molecule has 3 aromatic rings. The molecule has 3 rings (SSSR count). The van der Waals surface area contributed by atoms with Gasteiger partial charge < -0.3 is 0 Å². The maximum absolute atomic E-state index is 12.6. The SMILES string of the molecule is Cc1c(S(=O)(=O)c2ccccc2)nnn1-c1ccc(Br)cc1. The summed E-state index contributed by atoms with van der Waals surface area (Å²) >= 11 is 3.36. The number of rotatable bonds is 3. The minimum absolute atomic E-state index is 0.0263. The van der Waals surface area contributed by atoms with Crippen LogP contribution >= 0.6 is 15.9 Å². The second kappa shape index (κ2) is 5.66. The van der Waals surface area contributed by atoms with E-state index in [4.69, 9.17) is 0 Å². The smallest absolute Gasteiger partial charge is 0.217 e. The zero-order valence-electron chi connectivity index (χ0n) is 11.6. The number of hydrogen-bond acceptors (Lipinski definition) is 4. The normalized spacial score (nSPS) is 11.5. The van der Waals surface area contributed by atoms with E-state index in [1.165, 1.54) is 4.68 Å². The lowest BCUT2D eigenvalue weighted by molar-refractivity contribution is 0.591. The van der Waals surface area contributed by atoms with E-state index in [-0.39, 0.29) is 9.92 Å². The Morgan fingerprint density at radius 3 is 2.27 bits per heavy atom. The van der Waals surface area contributed by atoms with Crippen molar-refractivity contribution >= 4 is 25.8 Å². The Morgan fingerprint density at radius 2 is 1.64 bits per heavy atom. The second-order valence-electron chi connectivity index (χ2n) is 4.68. The zero-order valence-corrected chi connectivity index (χ0v) is 14.0. The molecule has 0 aliphatic rings. The molecule has 112 valence electrons. The predicted octanol–water partition coefficient (Wildman–Crippen LogP) is 3.17. The lowest BCUT2D eigenvalue weighted by Crippen LogP contribution is -2.05. The van der Waals surface area contributed by atoms with Crippen LogP contribution in [-0.4, -0.2) is 23.4 Å². The average Bonchev–Trinajstić information content (AvgIpc) is 2.91. The summed E-state index contributed by atoms with van der Waals surface area (Å²) in [5.41, 5.74) is 1.23. The Kier molecular flexibility index (Phi) is 3.84. The van der Waals surface area contributed by atoms with E-state index in [1.807, 2.05) is 24.3 Å². The van der Waals surface area contributed by atoms with E-state index in [2.05, 4.69) is 26.2 Å². The fourth-order valence-corrected chi connectivity index (χ4v) is 3.72. The Hall–Kier alpha value is -1.99. The highest BCUT2D eigenvalue weighted by Crippen LogP contribution is 2.23. The van der Waals surface area contributed by atoms with Gasteiger partial charge in [-0.2, -0.15) is 0 Å². The molecule has 1 heterocycles. The molecule has 5 nitrogen and oxygen atoms in total. The third kappa shape index (κ3) is 2.57. The van der Waals surface area contributed by atoms with E-state index in [0.29, 0.717) is 5.69 Å². The molecule has 0 saturated heterocycles. The van der Waals surface area contributed by atoms with E-state index in [0.717, 1.165) is 10.2 Å². The lowest BCUT2D eigenvalue weighted by Gasteiger charge is -2.05. The van der Waals surface area contributed by atoms with Gasteiger partial charge in [-0.1, -0.05) is 39.3 Å². The Bertz CT molecular complexity index is 904. The van der Waals surface area contributed by atoms with Gasteiger partial charge in [0, 0.05) is 4.47 Å². The maximum atomic E-state index is 12.6. The summed E-state index contributed by atoms with van der Waals surface area (Å²) in [6, 6.07) is 15.6. The van der Waals surface area contributed by atoms with Crippen LogP contribution in [0.2, 0.25) is 0 Å². The van der Waals surface area contributed by atoms with Crippen LogP contribution in [0.3, 0.4) is 0 Å². The van der Waals surface area contributed by atoms with Crippen LogP contribution in [0.1, 0.15) is 5.69 Å². The van der Waals surface area contributed by atoms with Crippen LogP contribution in [0, 0.1) is 6.92 Å². The second-order valence-corrected chi connectivity index (χ2v) is 7.47. The molecule has 0 spiro atoms. The molecule has 7 heteroatoms. The van der Waals surface area contributed by atoms with E-state index in [1.54, 1.807) is 37.3 Å². The molecular weight excluding hydrogens is 366 g/mol. The first-order valence-corrected chi connectivity index (χ1v) is 8.76. The summed E-state index contributed by atoms with van der Waals surface area (Å²) in [6.07, 6.45) is 0. The zero-order chi connectivity index (χ0) is 15.7. The van der Waals surface area contributed by atoms with Crippen molar-refractivity contribution in [2.75, 3.05) is 0 Å². The standard InChI is InChI=1S/C15H12BrN3O2S/c1-11-15(22(20,21)14-5-3-2-4-6-14)17-18-19(11)13-9-7-12(16)8-10-13/h2-10H,1H3. The number of benzene rings is 2. The van der Waals surface area contributed by atoms with Crippen LogP contribution in [0.4, 0.5) is 0 Å². The monoisotopic (exact) mass is 377 g/mol. The highest BCUT2D eigenvalue weighted by atomic mass is 79.9. The van der Waals surface area contributed by atoms with Gasteiger partial charge in [0.15, 0.2) is 0 Å². The lowest BCUT2D eigenvalue weighted by atomic mass is 10.3. The number of halogens is 1. The van der Waals surface area contributed by atoms with Crippen molar-refractivity contribution in [2.45, 2.75) is 16.8 Å². The molecule has 0 unspecified atom stereocenters. The molecule has 0 saturated carbocycles. The van der Waals surface area contributed by atoms with Gasteiger partial charge in [0.05, 0.1) is 16.3 Å². The van der Waals surface area contributed by atoms with Gasteiger partial charge in [0.2, 0.25) is 14.9 Å². The number of nitrogens with zero attached hydrogens (tertiary/aromatic N) is 3. The van der Waals surface area contributed by atoms with Crippen molar-refractivity contribution < 1.29 is 8.42 Å². The van der Waals surface area contributed by atoms with Crippen LogP contribution in [0.25, 0.3) is 5.69 Å². The molecule has 0 aliphatic carbocycles. The summed E-state index contributed by atoms with van der Waals surface area (Å²) < 4.78 is 27.7. The minimum Gasteiger partial charge on any atom is -0.217 e. The van der Waals surface area contributed by atoms with Gasteiger partial charge in [-0.25, -0.2) is 13.1 Å². The Labute approximate surface area is 136 Å². The van der Waals surface area contributed by atoms with Gasteiger partial charge in [0.25, 0.3) is 0 Å². The summed E-state index contributed by atoms with van der Waals surface area (Å²) in [7, 11) is -3.67. The van der Waals surface area contributed by atoms with Crippen molar-refractivity contribution in [3.63, 3.8) is 0 Å². The van der Waals surface area contributed by atoms with E-state index >= 15 is 0 Å². The molecular formula is C15H12BrN3O2S. The molecule has 0 N–H and O–H groups in total. The van der Waals surface area contributed by atoms with Gasteiger partial charge >= 0.3 is 0 Å². The molecule has 0 aliphatic heterocycles. The average molecular weight is 378 g/mol. The third-order valence-corrected chi connectivity index (χ3v) is 5.54. The van der Waals surface area contributed by atoms with Crippen molar-refractivity contribution in [1.29, 1.82) is 0 Å². The van der Waals surface area contributed by atoms with Crippen molar-refractivity contribution in [2.24, 2.45) is 0 Å². The summed E-state index contributed by atoms with van der Waals surface area (Å²) in [4.78, 5) is 0.209. The Morgan fingerprint density at radius 1 is 1.00 bits per heavy atom. The summed E-state index contributed by atoms with van der Waals surface area (Å²) in [5.74, 6) is 0. The van der Waals surface area contributed by atoms with Gasteiger partial charge in [-0.05, 0) is 43.3 Å². The van der Waals surface area contributed by atoms with Crippen molar-refractivity contribution in [3.8, 4) is 5.69 Å². The van der Waals surface area contributed by atoms with Gasteiger partial charge in [-0.3, -0.25) is 0 Å². The van der Waals surface area contributed by atoms with Crippen molar-refractivity contribution in [3.05, 3.63) is 64.8 Å². The van der Waals surface area contributed by atoms with Crippen LogP contribution < -0.4 is 0 Å². The molecule has 0 atom stereocenters. The molecule has 0 radical (unpaired) electrons. The first-order valence-electron chi connectivity index (χ1n) is 6.48. The van der Waals surface area contributed by atoms with E-state index in [9.17, 15) is 8.42 Å². The number of sulfone groups is 1. The molecule has 1 aromatic heterocycles. The fourth-order valence-electron chi connectivity index (χ4n) is 2.10. The number of hydrogen-bond donors (Lipinski definition) is 0. The fraction of sp³-hybridized carbons (Fsp3) is 0.0667.